The van der Waals surface area contributed by atoms with Gasteiger partial charge in [0, 0.05) is 11.6 Å². The summed E-state index contributed by atoms with van der Waals surface area (Å²) in [6.45, 7) is 5.49. The second-order valence-electron chi connectivity index (χ2n) is 4.58. The minimum Gasteiger partial charge on any atom is -0.397 e. The van der Waals surface area contributed by atoms with E-state index >= 15 is 0 Å². The van der Waals surface area contributed by atoms with E-state index in [-0.39, 0.29) is 29.2 Å². The van der Waals surface area contributed by atoms with Gasteiger partial charge in [-0.2, -0.15) is 5.10 Å². The molecule has 1 rings (SSSR count). The summed E-state index contributed by atoms with van der Waals surface area (Å²) < 4.78 is 1.07. The number of nitrogens with two attached hydrogens (primary N) is 1. The summed E-state index contributed by atoms with van der Waals surface area (Å²) in [6.07, 6.45) is 1.34. The quantitative estimate of drug-likeness (QED) is 0.724. The molecule has 88 valence electrons. The van der Waals surface area contributed by atoms with E-state index in [0.717, 1.165) is 4.68 Å². The van der Waals surface area contributed by atoms with Crippen LogP contribution in [0.4, 0.5) is 5.69 Å². The summed E-state index contributed by atoms with van der Waals surface area (Å²) in [5.74, 6) is -0.258. The highest BCUT2D eigenvalue weighted by Crippen LogP contribution is 1.98. The fourth-order valence-corrected chi connectivity index (χ4v) is 1.16. The molecular weight excluding hydrogens is 208 g/mol. The van der Waals surface area contributed by atoms with E-state index in [2.05, 4.69) is 10.4 Å². The van der Waals surface area contributed by atoms with Crippen molar-refractivity contribution in [2.45, 2.75) is 32.9 Å². The topological polar surface area (TPSA) is 90.0 Å². The van der Waals surface area contributed by atoms with Crippen molar-refractivity contribution in [2.24, 2.45) is 0 Å². The third-order valence-electron chi connectivity index (χ3n) is 1.70. The number of carbonyl (C=O) groups is 1. The lowest BCUT2D eigenvalue weighted by molar-refractivity contribution is -0.123. The van der Waals surface area contributed by atoms with Gasteiger partial charge in [0.2, 0.25) is 5.91 Å². The van der Waals surface area contributed by atoms with Crippen molar-refractivity contribution in [3.05, 3.63) is 22.6 Å². The van der Waals surface area contributed by atoms with Gasteiger partial charge in [-0.3, -0.25) is 9.59 Å². The molecule has 0 bridgehead atoms. The zero-order valence-electron chi connectivity index (χ0n) is 9.65. The normalized spacial score (nSPS) is 11.2. The molecule has 3 N–H and O–H groups in total. The van der Waals surface area contributed by atoms with Crippen LogP contribution in [0.1, 0.15) is 20.8 Å². The summed E-state index contributed by atoms with van der Waals surface area (Å²) >= 11 is 0. The van der Waals surface area contributed by atoms with Crippen LogP contribution in [-0.4, -0.2) is 21.2 Å². The molecule has 0 spiro atoms. The van der Waals surface area contributed by atoms with Crippen LogP contribution in [0.5, 0.6) is 0 Å². The smallest absolute Gasteiger partial charge is 0.269 e. The van der Waals surface area contributed by atoms with Crippen LogP contribution in [0.15, 0.2) is 17.1 Å². The van der Waals surface area contributed by atoms with Crippen LogP contribution in [-0.2, 0) is 11.3 Å². The first-order valence-electron chi connectivity index (χ1n) is 4.91. The Labute approximate surface area is 93.5 Å². The molecule has 0 saturated heterocycles. The fraction of sp³-hybridized carbons (Fsp3) is 0.500. The van der Waals surface area contributed by atoms with Gasteiger partial charge < -0.3 is 11.1 Å². The molecule has 0 fully saturated rings. The van der Waals surface area contributed by atoms with Crippen molar-refractivity contribution >= 4 is 11.6 Å². The molecule has 1 heterocycles. The van der Waals surface area contributed by atoms with Crippen molar-refractivity contribution in [2.75, 3.05) is 5.73 Å². The highest BCUT2D eigenvalue weighted by molar-refractivity contribution is 5.76. The predicted molar refractivity (Wildman–Crippen MR) is 60.8 cm³/mol. The molecule has 1 aromatic heterocycles. The average Bonchev–Trinajstić information content (AvgIpc) is 2.06. The van der Waals surface area contributed by atoms with Gasteiger partial charge in [0.25, 0.3) is 5.56 Å². The fourth-order valence-electron chi connectivity index (χ4n) is 1.16. The highest BCUT2D eigenvalue weighted by Gasteiger charge is 2.14. The monoisotopic (exact) mass is 224 g/mol. The third-order valence-corrected chi connectivity index (χ3v) is 1.70. The van der Waals surface area contributed by atoms with Gasteiger partial charge in [0.05, 0.1) is 11.9 Å². The Hall–Kier alpha value is -1.85. The summed E-state index contributed by atoms with van der Waals surface area (Å²) in [4.78, 5) is 22.9. The van der Waals surface area contributed by atoms with Gasteiger partial charge in [0.1, 0.15) is 6.54 Å². The molecule has 0 unspecified atom stereocenters. The minimum absolute atomic E-state index is 0.101. The Morgan fingerprint density at radius 3 is 2.69 bits per heavy atom. The van der Waals surface area contributed by atoms with Crippen molar-refractivity contribution in [1.29, 1.82) is 0 Å². The number of hydrogen-bond donors (Lipinski definition) is 2. The molecule has 0 saturated carbocycles. The summed E-state index contributed by atoms with van der Waals surface area (Å²) in [5.41, 5.74) is 4.96. The Kier molecular flexibility index (Phi) is 3.31. The molecule has 16 heavy (non-hydrogen) atoms. The molecule has 0 aliphatic carbocycles. The van der Waals surface area contributed by atoms with Crippen LogP contribution in [0.3, 0.4) is 0 Å². The number of anilines is 1. The first kappa shape index (κ1) is 12.2. The summed E-state index contributed by atoms with van der Waals surface area (Å²) in [5, 5.41) is 6.51. The molecule has 0 aromatic carbocycles. The standard InChI is InChI=1S/C10H16N4O2/c1-10(2,3)13-8(15)6-14-9(16)4-7(11)5-12-14/h4-5H,6,11H2,1-3H3,(H,13,15). The van der Waals surface area contributed by atoms with E-state index in [4.69, 9.17) is 5.73 Å². The van der Waals surface area contributed by atoms with E-state index in [1.165, 1.54) is 12.3 Å². The molecule has 0 radical (unpaired) electrons. The van der Waals surface area contributed by atoms with Gasteiger partial charge in [0.15, 0.2) is 0 Å². The largest absolute Gasteiger partial charge is 0.397 e. The van der Waals surface area contributed by atoms with Crippen LogP contribution in [0.25, 0.3) is 0 Å². The second kappa shape index (κ2) is 4.34. The van der Waals surface area contributed by atoms with Crippen LogP contribution in [0, 0.1) is 0 Å². The van der Waals surface area contributed by atoms with Crippen LogP contribution in [0.2, 0.25) is 0 Å². The Morgan fingerprint density at radius 1 is 1.56 bits per heavy atom. The maximum atomic E-state index is 11.5. The molecule has 0 aliphatic rings. The lowest BCUT2D eigenvalue weighted by Gasteiger charge is -2.20. The molecule has 1 amide bonds. The maximum Gasteiger partial charge on any atom is 0.269 e. The number of carbonyl (C=O) groups excluding carboxylic acids is 1. The zero-order chi connectivity index (χ0) is 12.3. The molecule has 0 atom stereocenters. The van der Waals surface area contributed by atoms with Crippen molar-refractivity contribution < 1.29 is 4.79 Å². The first-order chi connectivity index (χ1) is 7.28. The highest BCUT2D eigenvalue weighted by atomic mass is 16.2. The lowest BCUT2D eigenvalue weighted by atomic mass is 10.1. The number of rotatable bonds is 2. The molecule has 0 aliphatic heterocycles. The number of amides is 1. The predicted octanol–water partition coefficient (Wildman–Crippen LogP) is -0.260. The van der Waals surface area contributed by atoms with E-state index in [1.807, 2.05) is 20.8 Å². The van der Waals surface area contributed by atoms with E-state index in [0.29, 0.717) is 0 Å². The van der Waals surface area contributed by atoms with Gasteiger partial charge in [-0.15, -0.1) is 0 Å². The third kappa shape index (κ3) is 3.72. The van der Waals surface area contributed by atoms with Crippen LogP contribution < -0.4 is 16.6 Å². The summed E-state index contributed by atoms with van der Waals surface area (Å²) in [7, 11) is 0. The second-order valence-corrected chi connectivity index (χ2v) is 4.58. The van der Waals surface area contributed by atoms with Crippen molar-refractivity contribution in [1.82, 2.24) is 15.1 Å². The van der Waals surface area contributed by atoms with E-state index < -0.39 is 0 Å². The Bertz CT molecular complexity index is 445. The van der Waals surface area contributed by atoms with Gasteiger partial charge in [-0.05, 0) is 20.8 Å². The van der Waals surface area contributed by atoms with Crippen LogP contribution >= 0.6 is 0 Å². The van der Waals surface area contributed by atoms with Gasteiger partial charge in [-0.25, -0.2) is 4.68 Å². The number of nitrogens with one attached hydrogen (secondary N) is 1. The SMILES string of the molecule is CC(C)(C)NC(=O)Cn1ncc(N)cc1=O. The Morgan fingerprint density at radius 2 is 2.19 bits per heavy atom. The average molecular weight is 224 g/mol. The number of aromatic nitrogens is 2. The van der Waals surface area contributed by atoms with Gasteiger partial charge in [-0.1, -0.05) is 0 Å². The maximum absolute atomic E-state index is 11.5. The number of nitrogen functional groups attached to an aromatic ring is 1. The molecular formula is C10H16N4O2. The Balaban J connectivity index is 2.74. The van der Waals surface area contributed by atoms with E-state index in [1.54, 1.807) is 0 Å². The number of nitrogens with zero attached hydrogens (tertiary/aromatic N) is 2. The van der Waals surface area contributed by atoms with Crippen molar-refractivity contribution in [3.8, 4) is 0 Å². The number of hydrogen-bond acceptors (Lipinski definition) is 4. The lowest BCUT2D eigenvalue weighted by Crippen LogP contribution is -2.43. The van der Waals surface area contributed by atoms with Gasteiger partial charge >= 0.3 is 0 Å². The minimum atomic E-state index is -0.385. The first-order valence-corrected chi connectivity index (χ1v) is 4.91. The molecule has 6 nitrogen and oxygen atoms in total. The molecule has 6 heteroatoms. The summed E-state index contributed by atoms with van der Waals surface area (Å²) in [6, 6.07) is 1.23. The van der Waals surface area contributed by atoms with E-state index in [9.17, 15) is 9.59 Å². The molecule has 1 aromatic rings. The zero-order valence-corrected chi connectivity index (χ0v) is 9.65. The van der Waals surface area contributed by atoms with Crippen molar-refractivity contribution in [3.63, 3.8) is 0 Å².